The van der Waals surface area contributed by atoms with Gasteiger partial charge >= 0.3 is 0 Å². The third-order valence-electron chi connectivity index (χ3n) is 2.25. The summed E-state index contributed by atoms with van der Waals surface area (Å²) < 4.78 is 3.98. The molecule has 3 nitrogen and oxygen atoms in total. The molecule has 0 amide bonds. The minimum absolute atomic E-state index is 0.678. The summed E-state index contributed by atoms with van der Waals surface area (Å²) in [4.78, 5) is 15.4. The zero-order valence-corrected chi connectivity index (χ0v) is 12.8. The second-order valence-electron chi connectivity index (χ2n) is 3.25. The molecule has 0 radical (unpaired) electrons. The van der Waals surface area contributed by atoms with Gasteiger partial charge in [-0.15, -0.1) is 0 Å². The number of aromatic nitrogens is 2. The zero-order valence-electron chi connectivity index (χ0n) is 8.45. The maximum absolute atomic E-state index is 11.0. The number of hydrogen-bond donors (Lipinski definition) is 0. The summed E-state index contributed by atoms with van der Waals surface area (Å²) in [7, 11) is 0. The molecule has 0 unspecified atom stereocenters. The molecule has 0 aliphatic rings. The van der Waals surface area contributed by atoms with Gasteiger partial charge in [0.1, 0.15) is 13.2 Å². The van der Waals surface area contributed by atoms with Crippen LogP contribution in [-0.2, 0) is 0 Å². The van der Waals surface area contributed by atoms with E-state index in [0.717, 1.165) is 25.2 Å². The fourth-order valence-corrected chi connectivity index (χ4v) is 2.86. The first kappa shape index (κ1) is 12.0. The summed E-state index contributed by atoms with van der Waals surface area (Å²) in [5.74, 6) is 0.892. The number of imidazole rings is 1. The number of carbonyl (C=O) groups excluding carboxylic acids is 1. The van der Waals surface area contributed by atoms with Gasteiger partial charge in [-0.2, -0.15) is 0 Å². The molecule has 16 heavy (non-hydrogen) atoms. The Hall–Kier alpha value is -0.440. The van der Waals surface area contributed by atoms with Crippen LogP contribution < -0.4 is 0 Å². The number of nitrogens with zero attached hydrogens (tertiary/aromatic N) is 2. The van der Waals surface area contributed by atoms with Crippen molar-refractivity contribution in [2.24, 2.45) is 0 Å². The highest BCUT2D eigenvalue weighted by Crippen LogP contribution is 2.23. The number of carbonyl (C=O) groups is 1. The van der Waals surface area contributed by atoms with Gasteiger partial charge in [-0.25, -0.2) is 4.98 Å². The predicted molar refractivity (Wildman–Crippen MR) is 79.1 cm³/mol. The Balaban J connectivity index is 2.71. The van der Waals surface area contributed by atoms with E-state index in [0.29, 0.717) is 5.56 Å². The third kappa shape index (κ3) is 2.02. The highest BCUT2D eigenvalue weighted by molar-refractivity contribution is 14.1. The Bertz CT molecular complexity index is 549. The molecule has 0 saturated carbocycles. The molecule has 0 saturated heterocycles. The normalized spacial score (nSPS) is 10.4. The topological polar surface area (TPSA) is 34.9 Å². The minimum Gasteiger partial charge on any atom is -0.298 e. The maximum atomic E-state index is 11.0. The molecule has 0 aliphatic heterocycles. The van der Waals surface area contributed by atoms with Gasteiger partial charge in [-0.05, 0) is 64.2 Å². The summed E-state index contributed by atoms with van der Waals surface area (Å²) in [5.41, 5.74) is 1.56. The maximum Gasteiger partial charge on any atom is 0.152 e. The molecular weight excluding hydrogens is 430 g/mol. The average molecular weight is 438 g/mol. The monoisotopic (exact) mass is 438 g/mol. The summed E-state index contributed by atoms with van der Waals surface area (Å²) in [5, 5.41) is 0. The predicted octanol–water partition coefficient (Wildman–Crippen LogP) is 3.20. The van der Waals surface area contributed by atoms with Crippen LogP contribution in [0, 0.1) is 14.3 Å². The molecule has 0 fully saturated rings. The van der Waals surface area contributed by atoms with Crippen LogP contribution in [0.5, 0.6) is 0 Å². The number of para-hydroxylation sites is 1. The molecule has 82 valence electrons. The molecule has 0 aliphatic carbocycles. The van der Waals surface area contributed by atoms with Gasteiger partial charge < -0.3 is 0 Å². The van der Waals surface area contributed by atoms with Crippen LogP contribution in [0.2, 0.25) is 0 Å². The average Bonchev–Trinajstić information content (AvgIpc) is 2.53. The number of halogens is 2. The van der Waals surface area contributed by atoms with E-state index in [-0.39, 0.29) is 0 Å². The number of aryl methyl sites for hydroxylation is 1. The molecule has 0 bridgehead atoms. The number of hydrogen-bond acceptors (Lipinski definition) is 2. The quantitative estimate of drug-likeness (QED) is 0.534. The molecule has 2 aromatic rings. The number of rotatable bonds is 2. The smallest absolute Gasteiger partial charge is 0.152 e. The number of aldehydes is 1. The minimum atomic E-state index is 0.678. The van der Waals surface area contributed by atoms with Gasteiger partial charge in [0.15, 0.2) is 6.29 Å². The molecule has 0 N–H and O–H groups in total. The van der Waals surface area contributed by atoms with Gasteiger partial charge in [-0.1, -0.05) is 12.1 Å². The van der Waals surface area contributed by atoms with Crippen LogP contribution in [0.3, 0.4) is 0 Å². The van der Waals surface area contributed by atoms with Gasteiger partial charge in [0.2, 0.25) is 0 Å². The lowest BCUT2D eigenvalue weighted by Gasteiger charge is -2.08. The molecule has 1 aromatic heterocycles. The molecule has 1 aromatic carbocycles. The highest BCUT2D eigenvalue weighted by Gasteiger charge is 2.13. The Morgan fingerprint density at radius 3 is 2.56 bits per heavy atom. The fraction of sp³-hybridized carbons (Fsp3) is 0.0909. The van der Waals surface area contributed by atoms with Crippen molar-refractivity contribution in [2.75, 3.05) is 0 Å². The van der Waals surface area contributed by atoms with E-state index in [1.54, 1.807) is 0 Å². The molecule has 2 rings (SSSR count). The van der Waals surface area contributed by atoms with Crippen LogP contribution in [0.15, 0.2) is 24.3 Å². The van der Waals surface area contributed by atoms with Crippen LogP contribution in [0.4, 0.5) is 0 Å². The van der Waals surface area contributed by atoms with Gasteiger partial charge in [0, 0.05) is 5.56 Å². The van der Waals surface area contributed by atoms with Crippen molar-refractivity contribution < 1.29 is 4.79 Å². The Morgan fingerprint density at radius 2 is 2.00 bits per heavy atom. The Morgan fingerprint density at radius 1 is 1.31 bits per heavy atom. The van der Waals surface area contributed by atoms with E-state index in [1.807, 2.05) is 35.8 Å². The lowest BCUT2D eigenvalue weighted by Crippen LogP contribution is -2.03. The molecular formula is C11H8I2N2O. The van der Waals surface area contributed by atoms with Crippen molar-refractivity contribution in [1.82, 2.24) is 9.55 Å². The van der Waals surface area contributed by atoms with Crippen LogP contribution in [0.25, 0.3) is 5.69 Å². The second-order valence-corrected chi connectivity index (χ2v) is 5.30. The van der Waals surface area contributed by atoms with E-state index >= 15 is 0 Å². The van der Waals surface area contributed by atoms with Crippen LogP contribution >= 0.6 is 45.2 Å². The lowest BCUT2D eigenvalue weighted by molar-refractivity contribution is 0.112. The summed E-state index contributed by atoms with van der Waals surface area (Å²) >= 11 is 4.43. The largest absolute Gasteiger partial charge is 0.298 e. The van der Waals surface area contributed by atoms with Crippen molar-refractivity contribution in [3.63, 3.8) is 0 Å². The molecule has 0 atom stereocenters. The standard InChI is InChI=1S/C11H8I2N2O/c1-7-14-10(12)11(13)15(7)9-5-3-2-4-8(9)6-16/h2-6H,1H3. The molecule has 5 heteroatoms. The van der Waals surface area contributed by atoms with Crippen molar-refractivity contribution in [1.29, 1.82) is 0 Å². The van der Waals surface area contributed by atoms with Crippen molar-refractivity contribution in [3.8, 4) is 5.69 Å². The summed E-state index contributed by atoms with van der Waals surface area (Å²) in [6.45, 7) is 1.94. The summed E-state index contributed by atoms with van der Waals surface area (Å²) in [6, 6.07) is 7.52. The van der Waals surface area contributed by atoms with E-state index < -0.39 is 0 Å². The van der Waals surface area contributed by atoms with E-state index in [4.69, 9.17) is 0 Å². The second kappa shape index (κ2) is 4.82. The van der Waals surface area contributed by atoms with E-state index in [1.165, 1.54) is 0 Å². The van der Waals surface area contributed by atoms with Crippen LogP contribution in [-0.4, -0.2) is 15.8 Å². The lowest BCUT2D eigenvalue weighted by atomic mass is 10.2. The fourth-order valence-electron chi connectivity index (χ4n) is 1.54. The summed E-state index contributed by atoms with van der Waals surface area (Å²) in [6.07, 6.45) is 0.873. The van der Waals surface area contributed by atoms with Crippen LogP contribution in [0.1, 0.15) is 16.2 Å². The van der Waals surface area contributed by atoms with Crippen molar-refractivity contribution in [2.45, 2.75) is 6.92 Å². The first-order valence-electron chi connectivity index (χ1n) is 4.60. The first-order valence-corrected chi connectivity index (χ1v) is 6.76. The van der Waals surface area contributed by atoms with Crippen molar-refractivity contribution >= 4 is 51.5 Å². The highest BCUT2D eigenvalue weighted by atomic mass is 127. The molecule has 0 spiro atoms. The zero-order chi connectivity index (χ0) is 11.7. The van der Waals surface area contributed by atoms with Gasteiger partial charge in [-0.3, -0.25) is 9.36 Å². The Kier molecular flexibility index (Phi) is 3.63. The number of benzene rings is 1. The van der Waals surface area contributed by atoms with Crippen molar-refractivity contribution in [3.05, 3.63) is 43.1 Å². The van der Waals surface area contributed by atoms with E-state index in [2.05, 4.69) is 50.2 Å². The third-order valence-corrected chi connectivity index (χ3v) is 5.03. The van der Waals surface area contributed by atoms with Gasteiger partial charge in [0.25, 0.3) is 0 Å². The first-order chi connectivity index (χ1) is 7.65. The SMILES string of the molecule is Cc1nc(I)c(I)n1-c1ccccc1C=O. The van der Waals surface area contributed by atoms with Gasteiger partial charge in [0.05, 0.1) is 5.69 Å². The van der Waals surface area contributed by atoms with E-state index in [9.17, 15) is 4.79 Å². The Labute approximate surface area is 121 Å². The molecule has 1 heterocycles.